The summed E-state index contributed by atoms with van der Waals surface area (Å²) in [7, 11) is 1.56. The number of amides is 3. The minimum Gasteiger partial charge on any atom is -0.493 e. The van der Waals surface area contributed by atoms with Crippen LogP contribution in [0.25, 0.3) is 0 Å². The molecular weight excluding hydrogens is 632 g/mol. The van der Waals surface area contributed by atoms with E-state index < -0.39 is 0 Å². The van der Waals surface area contributed by atoms with E-state index in [0.29, 0.717) is 48.2 Å². The number of unbranched alkanes of at least 4 members (excludes halogenated alkanes) is 3. The van der Waals surface area contributed by atoms with Crippen molar-refractivity contribution in [2.45, 2.75) is 83.8 Å². The van der Waals surface area contributed by atoms with E-state index in [-0.39, 0.29) is 24.1 Å². The van der Waals surface area contributed by atoms with Crippen LogP contribution in [0.2, 0.25) is 0 Å². The molecule has 2 saturated heterocycles. The van der Waals surface area contributed by atoms with E-state index >= 15 is 0 Å². The number of hydrogen-bond donors (Lipinski definition) is 2. The van der Waals surface area contributed by atoms with E-state index in [1.165, 1.54) is 19.4 Å². The molecule has 3 aromatic carbocycles. The maximum absolute atomic E-state index is 14.0. The minimum absolute atomic E-state index is 0.0181. The van der Waals surface area contributed by atoms with Crippen molar-refractivity contribution in [1.82, 2.24) is 10.2 Å². The Morgan fingerprint density at radius 3 is 2.30 bits per heavy atom. The molecule has 1 unspecified atom stereocenters. The van der Waals surface area contributed by atoms with Gasteiger partial charge in [0.15, 0.2) is 11.5 Å². The van der Waals surface area contributed by atoms with Crippen molar-refractivity contribution in [1.29, 1.82) is 0 Å². The number of piperidine rings is 1. The first-order chi connectivity index (χ1) is 24.4. The van der Waals surface area contributed by atoms with Crippen LogP contribution in [-0.4, -0.2) is 75.5 Å². The summed E-state index contributed by atoms with van der Waals surface area (Å²) in [5, 5.41) is 5.72. The van der Waals surface area contributed by atoms with Gasteiger partial charge >= 0.3 is 6.03 Å². The lowest BCUT2D eigenvalue weighted by Gasteiger charge is -2.32. The average molecular weight is 687 g/mol. The summed E-state index contributed by atoms with van der Waals surface area (Å²) < 4.78 is 24.0. The number of nitrogens with one attached hydrogen (secondary N) is 2. The fraction of sp³-hybridized carbons (Fsp3) is 0.500. The standard InChI is InChI=1S/C40H54N4O6/c1-4-6-8-23-41-40(46)42-31-13-20-37(38(28-31)47-3)50-34-18-14-32(15-19-34)44(29-36-10-9-27-48-36)39(45)30-11-16-33(17-12-30)49-35-21-25-43(26-22-35)24-7-5-2/h11-20,28,35-36H,4-10,21-27,29H2,1-3H3,(H2,41,42,46). The van der Waals surface area contributed by atoms with Gasteiger partial charge in [0.05, 0.1) is 19.8 Å². The molecule has 2 heterocycles. The van der Waals surface area contributed by atoms with Gasteiger partial charge in [-0.15, -0.1) is 0 Å². The third-order valence-electron chi connectivity index (χ3n) is 9.29. The Bertz CT molecular complexity index is 1480. The van der Waals surface area contributed by atoms with E-state index in [9.17, 15) is 9.59 Å². The molecule has 0 saturated carbocycles. The van der Waals surface area contributed by atoms with Gasteiger partial charge in [-0.2, -0.15) is 0 Å². The molecule has 3 amide bonds. The van der Waals surface area contributed by atoms with E-state index in [1.807, 2.05) is 48.5 Å². The maximum Gasteiger partial charge on any atom is 0.319 e. The van der Waals surface area contributed by atoms with Crippen LogP contribution < -0.4 is 29.7 Å². The number of rotatable bonds is 17. The van der Waals surface area contributed by atoms with Crippen LogP contribution in [0, 0.1) is 0 Å². The first-order valence-corrected chi connectivity index (χ1v) is 18.4. The summed E-state index contributed by atoms with van der Waals surface area (Å²) in [4.78, 5) is 30.5. The summed E-state index contributed by atoms with van der Waals surface area (Å²) in [6.07, 6.45) is 9.71. The molecule has 0 spiro atoms. The quantitative estimate of drug-likeness (QED) is 0.138. The zero-order chi connectivity index (χ0) is 35.1. The number of likely N-dealkylation sites (tertiary alicyclic amines) is 1. The van der Waals surface area contributed by atoms with Crippen molar-refractivity contribution in [3.05, 3.63) is 72.3 Å². The normalized spacial score (nSPS) is 16.5. The van der Waals surface area contributed by atoms with Crippen molar-refractivity contribution in [3.63, 3.8) is 0 Å². The summed E-state index contributed by atoms with van der Waals surface area (Å²) in [6, 6.07) is 20.0. The minimum atomic E-state index is -0.257. The summed E-state index contributed by atoms with van der Waals surface area (Å²) >= 11 is 0. The molecule has 0 aliphatic carbocycles. The second kappa shape index (κ2) is 19.2. The van der Waals surface area contributed by atoms with Crippen LogP contribution in [0.1, 0.15) is 82.0 Å². The Labute approximate surface area is 297 Å². The molecule has 0 aromatic heterocycles. The molecule has 3 aromatic rings. The van der Waals surface area contributed by atoms with E-state index in [4.69, 9.17) is 18.9 Å². The average Bonchev–Trinajstić information content (AvgIpc) is 3.67. The van der Waals surface area contributed by atoms with Gasteiger partial charge in [-0.25, -0.2) is 4.79 Å². The lowest BCUT2D eigenvalue weighted by molar-refractivity contribution is 0.0917. The van der Waals surface area contributed by atoms with Crippen molar-refractivity contribution < 1.29 is 28.5 Å². The molecule has 0 radical (unpaired) electrons. The second-order valence-corrected chi connectivity index (χ2v) is 13.1. The molecule has 270 valence electrons. The molecule has 2 N–H and O–H groups in total. The highest BCUT2D eigenvalue weighted by Gasteiger charge is 2.26. The number of hydrogen-bond acceptors (Lipinski definition) is 7. The van der Waals surface area contributed by atoms with Gasteiger partial charge in [-0.3, -0.25) is 4.79 Å². The summed E-state index contributed by atoms with van der Waals surface area (Å²) in [5.74, 6) is 2.28. The molecule has 0 bridgehead atoms. The fourth-order valence-corrected chi connectivity index (χ4v) is 6.36. The summed E-state index contributed by atoms with van der Waals surface area (Å²) in [5.41, 5.74) is 1.95. The highest BCUT2D eigenvalue weighted by molar-refractivity contribution is 6.06. The molecule has 2 fully saturated rings. The Balaban J connectivity index is 1.21. The van der Waals surface area contributed by atoms with Gasteiger partial charge < -0.3 is 39.4 Å². The SMILES string of the molecule is CCCCCNC(=O)Nc1ccc(Oc2ccc(N(CC3CCCO3)C(=O)c3ccc(OC4CCN(CCCC)CC4)cc3)cc2)c(OC)c1. The van der Waals surface area contributed by atoms with Gasteiger partial charge in [-0.05, 0) is 106 Å². The molecular formula is C40H54N4O6. The number of methoxy groups -OCH3 is 1. The predicted molar refractivity (Wildman–Crippen MR) is 198 cm³/mol. The first-order valence-electron chi connectivity index (χ1n) is 18.4. The van der Waals surface area contributed by atoms with Crippen LogP contribution >= 0.6 is 0 Å². The number of benzene rings is 3. The Morgan fingerprint density at radius 2 is 1.62 bits per heavy atom. The van der Waals surface area contributed by atoms with Crippen LogP contribution in [-0.2, 0) is 4.74 Å². The largest absolute Gasteiger partial charge is 0.493 e. The Kier molecular flexibility index (Phi) is 14.2. The summed E-state index contributed by atoms with van der Waals surface area (Å²) in [6.45, 7) is 9.47. The van der Waals surface area contributed by atoms with Gasteiger partial charge in [0.1, 0.15) is 17.6 Å². The third-order valence-corrected chi connectivity index (χ3v) is 9.29. The predicted octanol–water partition coefficient (Wildman–Crippen LogP) is 8.27. The van der Waals surface area contributed by atoms with Crippen molar-refractivity contribution >= 4 is 23.3 Å². The number of anilines is 2. The van der Waals surface area contributed by atoms with Crippen LogP contribution in [0.5, 0.6) is 23.0 Å². The Hall–Kier alpha value is -4.28. The number of ether oxygens (including phenoxy) is 4. The highest BCUT2D eigenvalue weighted by Crippen LogP contribution is 2.35. The van der Waals surface area contributed by atoms with Crippen LogP contribution in [0.15, 0.2) is 66.7 Å². The number of nitrogens with zero attached hydrogens (tertiary/aromatic N) is 2. The maximum atomic E-state index is 14.0. The van der Waals surface area contributed by atoms with Gasteiger partial charge in [-0.1, -0.05) is 33.1 Å². The second-order valence-electron chi connectivity index (χ2n) is 13.1. The van der Waals surface area contributed by atoms with Crippen LogP contribution in [0.3, 0.4) is 0 Å². The third kappa shape index (κ3) is 10.9. The molecule has 10 nitrogen and oxygen atoms in total. The van der Waals surface area contributed by atoms with Gasteiger partial charge in [0.25, 0.3) is 5.91 Å². The highest BCUT2D eigenvalue weighted by atomic mass is 16.5. The van der Waals surface area contributed by atoms with E-state index in [1.54, 1.807) is 30.2 Å². The van der Waals surface area contributed by atoms with Gasteiger partial charge in [0, 0.05) is 49.2 Å². The molecule has 1 atom stereocenters. The van der Waals surface area contributed by atoms with Crippen molar-refractivity contribution in [3.8, 4) is 23.0 Å². The van der Waals surface area contributed by atoms with Crippen LogP contribution in [0.4, 0.5) is 16.2 Å². The lowest BCUT2D eigenvalue weighted by Crippen LogP contribution is -2.38. The molecule has 10 heteroatoms. The molecule has 2 aliphatic heterocycles. The molecule has 5 rings (SSSR count). The number of carbonyl (C=O) groups excluding carboxylic acids is 2. The number of urea groups is 1. The van der Waals surface area contributed by atoms with Crippen molar-refractivity contribution in [2.24, 2.45) is 0 Å². The fourth-order valence-electron chi connectivity index (χ4n) is 6.36. The monoisotopic (exact) mass is 686 g/mol. The Morgan fingerprint density at radius 1 is 0.880 bits per heavy atom. The van der Waals surface area contributed by atoms with E-state index in [0.717, 1.165) is 69.5 Å². The first kappa shape index (κ1) is 37.0. The molecule has 2 aliphatic rings. The lowest BCUT2D eigenvalue weighted by atomic mass is 10.1. The zero-order valence-corrected chi connectivity index (χ0v) is 30.0. The van der Waals surface area contributed by atoms with Gasteiger partial charge in [0.2, 0.25) is 0 Å². The molecule has 50 heavy (non-hydrogen) atoms. The van der Waals surface area contributed by atoms with Crippen molar-refractivity contribution in [2.75, 3.05) is 56.7 Å². The topological polar surface area (TPSA) is 102 Å². The van der Waals surface area contributed by atoms with E-state index in [2.05, 4.69) is 29.4 Å². The zero-order valence-electron chi connectivity index (χ0n) is 30.0. The smallest absolute Gasteiger partial charge is 0.319 e. The number of carbonyl (C=O) groups is 2.